The van der Waals surface area contributed by atoms with Gasteiger partial charge >= 0.3 is 0 Å². The molecular formula is C22H19ClN4O. The summed E-state index contributed by atoms with van der Waals surface area (Å²) in [5, 5.41) is 4.39. The number of halogens is 1. The van der Waals surface area contributed by atoms with E-state index in [0.717, 1.165) is 34.3 Å². The first kappa shape index (κ1) is 18.2. The fourth-order valence-corrected chi connectivity index (χ4v) is 3.40. The fourth-order valence-electron chi connectivity index (χ4n) is 3.23. The third-order valence-corrected chi connectivity index (χ3v) is 4.88. The monoisotopic (exact) mass is 390 g/mol. The van der Waals surface area contributed by atoms with E-state index in [2.05, 4.69) is 27.2 Å². The van der Waals surface area contributed by atoms with E-state index in [1.165, 1.54) is 6.20 Å². The van der Waals surface area contributed by atoms with Crippen LogP contribution in [0.1, 0.15) is 34.5 Å². The Labute approximate surface area is 167 Å². The maximum absolute atomic E-state index is 12.6. The molecule has 2 heterocycles. The van der Waals surface area contributed by atoms with Crippen molar-refractivity contribution < 1.29 is 4.79 Å². The number of nitrogens with zero attached hydrogens (tertiary/aromatic N) is 2. The topological polar surface area (TPSA) is 70.7 Å². The van der Waals surface area contributed by atoms with Crippen LogP contribution in [-0.4, -0.2) is 20.9 Å². The third kappa shape index (κ3) is 4.05. The standard InChI is InChI=1S/C22H19ClN4O/c1-14(9-19-12-24-13-21(23)26-19)15-3-2-4-18(11-15)27-22(28)17-5-6-20-16(10-17)7-8-25-20/h2-8,10-14,25H,9H2,1H3,(H,27,28)/t14-/m1/s1. The molecule has 0 unspecified atom stereocenters. The lowest BCUT2D eigenvalue weighted by atomic mass is 9.96. The largest absolute Gasteiger partial charge is 0.361 e. The van der Waals surface area contributed by atoms with Crippen molar-refractivity contribution in [2.45, 2.75) is 19.3 Å². The van der Waals surface area contributed by atoms with E-state index in [1.54, 1.807) is 6.20 Å². The smallest absolute Gasteiger partial charge is 0.255 e. The van der Waals surface area contributed by atoms with E-state index < -0.39 is 0 Å². The molecule has 0 spiro atoms. The number of hydrogen-bond donors (Lipinski definition) is 2. The quantitative estimate of drug-likeness (QED) is 0.491. The Morgan fingerprint density at radius 3 is 2.93 bits per heavy atom. The summed E-state index contributed by atoms with van der Waals surface area (Å²) in [5.74, 6) is 0.0782. The van der Waals surface area contributed by atoms with Crippen molar-refractivity contribution in [2.24, 2.45) is 0 Å². The first-order chi connectivity index (χ1) is 13.6. The van der Waals surface area contributed by atoms with Gasteiger partial charge in [0.05, 0.1) is 11.9 Å². The summed E-state index contributed by atoms with van der Waals surface area (Å²) in [4.78, 5) is 24.1. The van der Waals surface area contributed by atoms with Crippen LogP contribution in [-0.2, 0) is 6.42 Å². The molecule has 0 saturated carbocycles. The van der Waals surface area contributed by atoms with E-state index in [4.69, 9.17) is 11.6 Å². The van der Waals surface area contributed by atoms with Gasteiger partial charge in [0.25, 0.3) is 5.91 Å². The predicted octanol–water partition coefficient (Wildman–Crippen LogP) is 5.21. The minimum atomic E-state index is -0.131. The lowest BCUT2D eigenvalue weighted by Crippen LogP contribution is -2.12. The van der Waals surface area contributed by atoms with Gasteiger partial charge in [-0.25, -0.2) is 4.98 Å². The minimum Gasteiger partial charge on any atom is -0.361 e. The summed E-state index contributed by atoms with van der Waals surface area (Å²) in [6.45, 7) is 2.11. The summed E-state index contributed by atoms with van der Waals surface area (Å²) >= 11 is 5.92. The number of anilines is 1. The van der Waals surface area contributed by atoms with E-state index in [1.807, 2.05) is 54.7 Å². The summed E-state index contributed by atoms with van der Waals surface area (Å²) in [5.41, 5.74) is 4.35. The van der Waals surface area contributed by atoms with Crippen molar-refractivity contribution in [1.29, 1.82) is 0 Å². The first-order valence-corrected chi connectivity index (χ1v) is 9.41. The van der Waals surface area contributed by atoms with Crippen LogP contribution in [0.25, 0.3) is 10.9 Å². The molecule has 4 aromatic rings. The van der Waals surface area contributed by atoms with Crippen LogP contribution in [0.15, 0.2) is 67.1 Å². The summed E-state index contributed by atoms with van der Waals surface area (Å²) < 4.78 is 0. The van der Waals surface area contributed by atoms with E-state index in [-0.39, 0.29) is 11.8 Å². The molecule has 0 saturated heterocycles. The molecule has 5 nitrogen and oxygen atoms in total. The number of hydrogen-bond acceptors (Lipinski definition) is 3. The number of aromatic amines is 1. The van der Waals surface area contributed by atoms with Crippen molar-refractivity contribution in [1.82, 2.24) is 15.0 Å². The van der Waals surface area contributed by atoms with Crippen LogP contribution in [0.3, 0.4) is 0 Å². The highest BCUT2D eigenvalue weighted by Crippen LogP contribution is 2.23. The van der Waals surface area contributed by atoms with Gasteiger partial charge in [-0.15, -0.1) is 0 Å². The average Bonchev–Trinajstić information content (AvgIpc) is 3.16. The molecule has 2 aromatic heterocycles. The molecule has 1 atom stereocenters. The van der Waals surface area contributed by atoms with Gasteiger partial charge in [-0.2, -0.15) is 0 Å². The van der Waals surface area contributed by atoms with Crippen LogP contribution in [0, 0.1) is 0 Å². The number of nitrogens with one attached hydrogen (secondary N) is 2. The van der Waals surface area contributed by atoms with Gasteiger partial charge in [-0.3, -0.25) is 9.78 Å². The SMILES string of the molecule is C[C@H](Cc1cncc(Cl)n1)c1cccc(NC(=O)c2ccc3[nH]ccc3c2)c1. The predicted molar refractivity (Wildman–Crippen MR) is 112 cm³/mol. The molecule has 0 aliphatic heterocycles. The van der Waals surface area contributed by atoms with Gasteiger partial charge in [0.15, 0.2) is 0 Å². The molecule has 0 radical (unpaired) electrons. The lowest BCUT2D eigenvalue weighted by Gasteiger charge is -2.13. The molecule has 0 fully saturated rings. The third-order valence-electron chi connectivity index (χ3n) is 4.70. The number of rotatable bonds is 5. The molecule has 1 amide bonds. The minimum absolute atomic E-state index is 0.131. The molecule has 2 N–H and O–H groups in total. The van der Waals surface area contributed by atoms with Gasteiger partial charge in [0.1, 0.15) is 5.15 Å². The number of carbonyl (C=O) groups is 1. The molecule has 2 aromatic carbocycles. The number of benzene rings is 2. The van der Waals surface area contributed by atoms with Gasteiger partial charge in [0.2, 0.25) is 0 Å². The zero-order valence-electron chi connectivity index (χ0n) is 15.3. The molecule has 28 heavy (non-hydrogen) atoms. The Bertz CT molecular complexity index is 1140. The number of aromatic nitrogens is 3. The van der Waals surface area contributed by atoms with Gasteiger partial charge < -0.3 is 10.3 Å². The molecule has 0 bridgehead atoms. The zero-order chi connectivity index (χ0) is 19.5. The Balaban J connectivity index is 1.49. The van der Waals surface area contributed by atoms with Crippen LogP contribution < -0.4 is 5.32 Å². The second kappa shape index (κ2) is 7.82. The van der Waals surface area contributed by atoms with Crippen molar-refractivity contribution in [3.8, 4) is 0 Å². The van der Waals surface area contributed by atoms with E-state index in [0.29, 0.717) is 10.7 Å². The number of amides is 1. The maximum Gasteiger partial charge on any atom is 0.255 e. The highest BCUT2D eigenvalue weighted by atomic mass is 35.5. The Hall–Kier alpha value is -3.18. The van der Waals surface area contributed by atoms with Crippen molar-refractivity contribution in [3.05, 3.63) is 89.1 Å². The Kier molecular flexibility index (Phi) is 5.08. The zero-order valence-corrected chi connectivity index (χ0v) is 16.1. The molecule has 4 rings (SSSR count). The number of H-pyrrole nitrogens is 1. The number of carbonyl (C=O) groups excluding carboxylic acids is 1. The Morgan fingerprint density at radius 1 is 1.18 bits per heavy atom. The fraction of sp³-hybridized carbons (Fsp3) is 0.136. The molecular weight excluding hydrogens is 372 g/mol. The van der Waals surface area contributed by atoms with Crippen LogP contribution in [0.5, 0.6) is 0 Å². The van der Waals surface area contributed by atoms with Crippen LogP contribution in [0.2, 0.25) is 5.15 Å². The second-order valence-corrected chi connectivity index (χ2v) is 7.18. The van der Waals surface area contributed by atoms with E-state index in [9.17, 15) is 4.79 Å². The molecule has 0 aliphatic rings. The Morgan fingerprint density at radius 2 is 2.07 bits per heavy atom. The molecule has 6 heteroatoms. The molecule has 140 valence electrons. The summed E-state index contributed by atoms with van der Waals surface area (Å²) in [6.07, 6.45) is 5.83. The van der Waals surface area contributed by atoms with Crippen LogP contribution in [0.4, 0.5) is 5.69 Å². The number of fused-ring (bicyclic) bond motifs is 1. The van der Waals surface area contributed by atoms with E-state index >= 15 is 0 Å². The second-order valence-electron chi connectivity index (χ2n) is 6.80. The average molecular weight is 391 g/mol. The van der Waals surface area contributed by atoms with Gasteiger partial charge in [-0.05, 0) is 54.3 Å². The highest BCUT2D eigenvalue weighted by molar-refractivity contribution is 6.29. The van der Waals surface area contributed by atoms with Crippen molar-refractivity contribution >= 4 is 34.1 Å². The van der Waals surface area contributed by atoms with Gasteiger partial charge in [0, 0.05) is 34.5 Å². The normalized spacial score (nSPS) is 12.1. The molecule has 0 aliphatic carbocycles. The summed E-state index contributed by atoms with van der Waals surface area (Å²) in [6, 6.07) is 15.4. The maximum atomic E-state index is 12.6. The van der Waals surface area contributed by atoms with Crippen LogP contribution >= 0.6 is 11.6 Å². The summed E-state index contributed by atoms with van der Waals surface area (Å²) in [7, 11) is 0. The lowest BCUT2D eigenvalue weighted by molar-refractivity contribution is 0.102. The van der Waals surface area contributed by atoms with Crippen molar-refractivity contribution in [3.63, 3.8) is 0 Å². The van der Waals surface area contributed by atoms with Crippen molar-refractivity contribution in [2.75, 3.05) is 5.32 Å². The highest BCUT2D eigenvalue weighted by Gasteiger charge is 2.11. The van der Waals surface area contributed by atoms with Gasteiger partial charge in [-0.1, -0.05) is 30.7 Å². The first-order valence-electron chi connectivity index (χ1n) is 9.03.